The number of halogens is 2. The van der Waals surface area contributed by atoms with Gasteiger partial charge in [0.25, 0.3) is 0 Å². The highest BCUT2D eigenvalue weighted by atomic mass is 35.5. The number of nitrogens with zero attached hydrogens (tertiary/aromatic N) is 4. The normalized spacial score (nSPS) is 14.5. The third-order valence-corrected chi connectivity index (χ3v) is 7.18. The molecule has 0 spiro atoms. The monoisotopic (exact) mass is 533 g/mol. The minimum Gasteiger partial charge on any atom is -0.495 e. The number of hydrogen-bond acceptors (Lipinski definition) is 7. The predicted molar refractivity (Wildman–Crippen MR) is 147 cm³/mol. The molecule has 37 heavy (non-hydrogen) atoms. The van der Waals surface area contributed by atoms with Crippen molar-refractivity contribution in [2.24, 2.45) is 0 Å². The molecule has 1 aliphatic rings. The van der Waals surface area contributed by atoms with Gasteiger partial charge in [0.2, 0.25) is 0 Å². The molecule has 0 bridgehead atoms. The number of nitrogens with one attached hydrogen (secondary N) is 1. The number of hydrogen-bond donors (Lipinski definition) is 2. The first-order valence-corrected chi connectivity index (χ1v) is 12.7. The Morgan fingerprint density at radius 1 is 1.08 bits per heavy atom. The van der Waals surface area contributed by atoms with Crippen molar-refractivity contribution in [2.75, 3.05) is 25.5 Å². The fourth-order valence-electron chi connectivity index (χ4n) is 4.51. The maximum absolute atomic E-state index is 9.72. The molecule has 2 N–H and O–H groups in total. The summed E-state index contributed by atoms with van der Waals surface area (Å²) in [5.41, 5.74) is 5.17. The van der Waals surface area contributed by atoms with Crippen molar-refractivity contribution in [2.45, 2.75) is 25.5 Å². The van der Waals surface area contributed by atoms with Crippen LogP contribution < -0.4 is 10.1 Å². The van der Waals surface area contributed by atoms with Gasteiger partial charge in [0.1, 0.15) is 11.8 Å². The van der Waals surface area contributed by atoms with Gasteiger partial charge in [-0.3, -0.25) is 14.9 Å². The number of nitriles is 1. The second-order valence-electron chi connectivity index (χ2n) is 9.04. The third-order valence-electron chi connectivity index (χ3n) is 6.57. The number of aromatic nitrogens is 2. The lowest BCUT2D eigenvalue weighted by Crippen LogP contribution is -2.35. The Bertz CT molecular complexity index is 1480. The molecule has 0 aliphatic carbocycles. The minimum atomic E-state index is -0.177. The molecule has 0 saturated carbocycles. The second-order valence-corrected chi connectivity index (χ2v) is 9.86. The zero-order valence-corrected chi connectivity index (χ0v) is 21.7. The standard InChI is InChI=1S/C28H25Cl2N5O2/c1-37-27-12-26(22(29)11-23(27)30)34-28-19(13-31)15-33-25-10-18(3-4-21(25)28)24-5-2-17(14-32-24)16-35-8-6-20(36)7-9-35/h2-5,10-12,14-15,20,36H,6-9,16H2,1H3,(H,33,34). The van der Waals surface area contributed by atoms with E-state index in [2.05, 4.69) is 32.3 Å². The topological polar surface area (TPSA) is 94.3 Å². The van der Waals surface area contributed by atoms with Crippen LogP contribution in [-0.4, -0.2) is 46.3 Å². The summed E-state index contributed by atoms with van der Waals surface area (Å²) < 4.78 is 5.31. The number of ether oxygens (including phenoxy) is 1. The zero-order valence-electron chi connectivity index (χ0n) is 20.2. The third kappa shape index (κ3) is 5.48. The van der Waals surface area contributed by atoms with Gasteiger partial charge < -0.3 is 15.2 Å². The van der Waals surface area contributed by atoms with Crippen molar-refractivity contribution < 1.29 is 9.84 Å². The van der Waals surface area contributed by atoms with Crippen LogP contribution in [0.3, 0.4) is 0 Å². The van der Waals surface area contributed by atoms with Crippen LogP contribution in [-0.2, 0) is 6.54 Å². The van der Waals surface area contributed by atoms with E-state index in [0.717, 1.165) is 54.7 Å². The molecular formula is C28H25Cl2N5O2. The van der Waals surface area contributed by atoms with E-state index in [1.807, 2.05) is 30.5 Å². The van der Waals surface area contributed by atoms with Crippen molar-refractivity contribution in [3.05, 3.63) is 76.0 Å². The largest absolute Gasteiger partial charge is 0.495 e. The fourth-order valence-corrected chi connectivity index (χ4v) is 5.02. The molecule has 5 rings (SSSR count). The van der Waals surface area contributed by atoms with Gasteiger partial charge in [0.05, 0.1) is 51.4 Å². The van der Waals surface area contributed by atoms with Crippen molar-refractivity contribution in [1.29, 1.82) is 5.26 Å². The van der Waals surface area contributed by atoms with Crippen LogP contribution in [0.25, 0.3) is 22.2 Å². The van der Waals surface area contributed by atoms with Crippen molar-refractivity contribution >= 4 is 45.5 Å². The lowest BCUT2D eigenvalue weighted by atomic mass is 10.0. The van der Waals surface area contributed by atoms with Gasteiger partial charge in [-0.05, 0) is 42.7 Å². The zero-order chi connectivity index (χ0) is 25.9. The number of aliphatic hydroxyl groups excluding tert-OH is 1. The molecule has 4 aromatic rings. The second kappa shape index (κ2) is 10.9. The Hall–Kier alpha value is -3.41. The SMILES string of the molecule is COc1cc(Nc2c(C#N)cnc3cc(-c4ccc(CN5CCC(O)CC5)cn4)ccc23)c(Cl)cc1Cl. The summed E-state index contributed by atoms with van der Waals surface area (Å²) >= 11 is 12.6. The quantitative estimate of drug-likeness (QED) is 0.305. The minimum absolute atomic E-state index is 0.177. The summed E-state index contributed by atoms with van der Waals surface area (Å²) in [6, 6.07) is 15.5. The molecule has 3 heterocycles. The fraction of sp³-hybridized carbons (Fsp3) is 0.250. The van der Waals surface area contributed by atoms with Crippen molar-refractivity contribution in [1.82, 2.24) is 14.9 Å². The Kier molecular flexibility index (Phi) is 7.45. The van der Waals surface area contributed by atoms with Gasteiger partial charge in [0.15, 0.2) is 0 Å². The average molecular weight is 534 g/mol. The number of benzene rings is 2. The highest BCUT2D eigenvalue weighted by Gasteiger charge is 2.17. The summed E-state index contributed by atoms with van der Waals surface area (Å²) in [4.78, 5) is 11.5. The van der Waals surface area contributed by atoms with E-state index in [1.165, 1.54) is 7.11 Å². The Balaban J connectivity index is 1.42. The number of pyridine rings is 2. The van der Waals surface area contributed by atoms with Gasteiger partial charge in [-0.25, -0.2) is 0 Å². The number of piperidine rings is 1. The predicted octanol–water partition coefficient (Wildman–Crippen LogP) is 6.18. The molecule has 0 amide bonds. The molecule has 1 aliphatic heterocycles. The maximum Gasteiger partial charge on any atom is 0.139 e. The first kappa shape index (κ1) is 25.2. The number of anilines is 2. The van der Waals surface area contributed by atoms with Crippen molar-refractivity contribution in [3.8, 4) is 23.1 Å². The molecule has 7 nitrogen and oxygen atoms in total. The number of rotatable bonds is 6. The van der Waals surface area contributed by atoms with Crippen LogP contribution in [0.5, 0.6) is 5.75 Å². The van der Waals surface area contributed by atoms with Crippen LogP contribution in [0, 0.1) is 11.3 Å². The number of likely N-dealkylation sites (tertiary alicyclic amines) is 1. The molecule has 1 saturated heterocycles. The number of methoxy groups -OCH3 is 1. The lowest BCUT2D eigenvalue weighted by Gasteiger charge is -2.29. The van der Waals surface area contributed by atoms with Gasteiger partial charge >= 0.3 is 0 Å². The van der Waals surface area contributed by atoms with E-state index in [4.69, 9.17) is 27.9 Å². The van der Waals surface area contributed by atoms with E-state index in [-0.39, 0.29) is 6.10 Å². The highest BCUT2D eigenvalue weighted by Crippen LogP contribution is 2.38. The molecule has 1 fully saturated rings. The smallest absolute Gasteiger partial charge is 0.139 e. The maximum atomic E-state index is 9.72. The lowest BCUT2D eigenvalue weighted by molar-refractivity contribution is 0.0792. The van der Waals surface area contributed by atoms with Crippen LogP contribution in [0.1, 0.15) is 24.0 Å². The van der Waals surface area contributed by atoms with E-state index in [9.17, 15) is 10.4 Å². The van der Waals surface area contributed by atoms with Crippen LogP contribution in [0.4, 0.5) is 11.4 Å². The summed E-state index contributed by atoms with van der Waals surface area (Å²) in [5.74, 6) is 0.472. The molecule has 2 aromatic heterocycles. The van der Waals surface area contributed by atoms with Crippen LogP contribution >= 0.6 is 23.2 Å². The summed E-state index contributed by atoms with van der Waals surface area (Å²) in [7, 11) is 1.53. The molecule has 0 radical (unpaired) electrons. The van der Waals surface area contributed by atoms with E-state index in [1.54, 1.807) is 18.3 Å². The first-order valence-electron chi connectivity index (χ1n) is 11.9. The Morgan fingerprint density at radius 2 is 1.89 bits per heavy atom. The molecular weight excluding hydrogens is 509 g/mol. The van der Waals surface area contributed by atoms with Gasteiger partial charge in [-0.2, -0.15) is 5.26 Å². The molecule has 188 valence electrons. The number of fused-ring (bicyclic) bond motifs is 1. The summed E-state index contributed by atoms with van der Waals surface area (Å²) in [6.45, 7) is 2.62. The van der Waals surface area contributed by atoms with Gasteiger partial charge in [-0.15, -0.1) is 0 Å². The molecule has 2 aromatic carbocycles. The molecule has 9 heteroatoms. The van der Waals surface area contributed by atoms with E-state index >= 15 is 0 Å². The van der Waals surface area contributed by atoms with Gasteiger partial charge in [-0.1, -0.05) is 35.3 Å². The van der Waals surface area contributed by atoms with Crippen LogP contribution in [0.15, 0.2) is 54.9 Å². The highest BCUT2D eigenvalue weighted by molar-refractivity contribution is 6.37. The van der Waals surface area contributed by atoms with E-state index in [0.29, 0.717) is 38.2 Å². The molecule has 0 atom stereocenters. The summed E-state index contributed by atoms with van der Waals surface area (Å²) in [6.07, 6.45) is 4.90. The van der Waals surface area contributed by atoms with Gasteiger partial charge in [0, 0.05) is 49.0 Å². The summed E-state index contributed by atoms with van der Waals surface area (Å²) in [5, 5.41) is 24.3. The van der Waals surface area contributed by atoms with E-state index < -0.39 is 0 Å². The number of aliphatic hydroxyl groups is 1. The average Bonchev–Trinajstić information content (AvgIpc) is 2.91. The molecule has 0 unspecified atom stereocenters. The Morgan fingerprint density at radius 3 is 2.59 bits per heavy atom. The Labute approximate surface area is 225 Å². The first-order chi connectivity index (χ1) is 17.9. The van der Waals surface area contributed by atoms with Crippen LogP contribution in [0.2, 0.25) is 10.0 Å². The van der Waals surface area contributed by atoms with Crippen molar-refractivity contribution in [3.63, 3.8) is 0 Å².